The topological polar surface area (TPSA) is 21.3 Å². The third kappa shape index (κ3) is 3.62. The minimum Gasteiger partial charge on any atom is -0.492 e. The molecule has 1 aliphatic rings. The van der Waals surface area contributed by atoms with Gasteiger partial charge in [-0.05, 0) is 44.0 Å². The second kappa shape index (κ2) is 5.74. The summed E-state index contributed by atoms with van der Waals surface area (Å²) < 4.78 is 5.70. The summed E-state index contributed by atoms with van der Waals surface area (Å²) >= 11 is 6.21. The zero-order valence-corrected chi connectivity index (χ0v) is 11.3. The van der Waals surface area contributed by atoms with Gasteiger partial charge in [-0.25, -0.2) is 0 Å². The first-order valence-corrected chi connectivity index (χ1v) is 6.68. The summed E-state index contributed by atoms with van der Waals surface area (Å²) in [6.45, 7) is 2.89. The van der Waals surface area contributed by atoms with Crippen molar-refractivity contribution in [1.29, 1.82) is 0 Å². The Kier molecular flexibility index (Phi) is 4.30. The molecule has 1 unspecified atom stereocenters. The Bertz CT molecular complexity index is 376. The Morgan fingerprint density at radius 3 is 2.82 bits per heavy atom. The molecule has 1 aromatic carbocycles. The van der Waals surface area contributed by atoms with E-state index in [4.69, 9.17) is 16.3 Å². The van der Waals surface area contributed by atoms with Gasteiger partial charge in [0, 0.05) is 6.04 Å². The molecular formula is C14H20ClNO. The van der Waals surface area contributed by atoms with E-state index in [1.807, 2.05) is 19.2 Å². The van der Waals surface area contributed by atoms with Crippen LogP contribution in [0.5, 0.6) is 5.75 Å². The number of ether oxygens (including phenoxy) is 1. The van der Waals surface area contributed by atoms with Gasteiger partial charge in [0.2, 0.25) is 0 Å². The fourth-order valence-electron chi connectivity index (χ4n) is 1.81. The molecule has 94 valence electrons. The van der Waals surface area contributed by atoms with Crippen LogP contribution in [-0.2, 0) is 0 Å². The molecular weight excluding hydrogens is 234 g/mol. The Hall–Kier alpha value is -0.730. The molecule has 1 aliphatic carbocycles. The van der Waals surface area contributed by atoms with Gasteiger partial charge >= 0.3 is 0 Å². The predicted octanol–water partition coefficient (Wildman–Crippen LogP) is 3.80. The van der Waals surface area contributed by atoms with E-state index in [2.05, 4.69) is 18.3 Å². The van der Waals surface area contributed by atoms with E-state index in [0.29, 0.717) is 11.1 Å². The highest BCUT2D eigenvalue weighted by molar-refractivity contribution is 6.32. The molecule has 0 aliphatic heterocycles. The van der Waals surface area contributed by atoms with Crippen molar-refractivity contribution < 1.29 is 4.74 Å². The second-order valence-corrected chi connectivity index (χ2v) is 5.19. The molecule has 1 N–H and O–H groups in total. The monoisotopic (exact) mass is 253 g/mol. The molecule has 0 aromatic heterocycles. The zero-order chi connectivity index (χ0) is 12.3. The molecule has 0 heterocycles. The third-order valence-corrected chi connectivity index (χ3v) is 3.66. The largest absolute Gasteiger partial charge is 0.492 e. The van der Waals surface area contributed by atoms with Crippen LogP contribution in [0.2, 0.25) is 5.02 Å². The van der Waals surface area contributed by atoms with Crippen LogP contribution < -0.4 is 10.1 Å². The van der Waals surface area contributed by atoms with E-state index in [9.17, 15) is 0 Å². The summed E-state index contributed by atoms with van der Waals surface area (Å²) in [7, 11) is 1.94. The number of halogens is 1. The van der Waals surface area contributed by atoms with Gasteiger partial charge in [0.25, 0.3) is 0 Å². The van der Waals surface area contributed by atoms with Crippen molar-refractivity contribution in [1.82, 2.24) is 5.32 Å². The molecule has 3 heteroatoms. The van der Waals surface area contributed by atoms with Gasteiger partial charge in [0.05, 0.1) is 11.6 Å². The van der Waals surface area contributed by atoms with Gasteiger partial charge in [-0.3, -0.25) is 0 Å². The molecule has 1 saturated carbocycles. The number of rotatable bonds is 6. The summed E-state index contributed by atoms with van der Waals surface area (Å²) in [5.74, 6) is 1.71. The van der Waals surface area contributed by atoms with Crippen molar-refractivity contribution in [2.24, 2.45) is 5.92 Å². The van der Waals surface area contributed by atoms with Crippen LogP contribution in [-0.4, -0.2) is 13.7 Å². The van der Waals surface area contributed by atoms with Gasteiger partial charge < -0.3 is 10.1 Å². The van der Waals surface area contributed by atoms with Crippen molar-refractivity contribution in [2.45, 2.75) is 32.2 Å². The van der Waals surface area contributed by atoms with E-state index in [-0.39, 0.29) is 0 Å². The first-order valence-electron chi connectivity index (χ1n) is 6.30. The molecule has 1 atom stereocenters. The molecule has 17 heavy (non-hydrogen) atoms. The molecule has 0 amide bonds. The maximum atomic E-state index is 6.21. The molecule has 2 nitrogen and oxygen atoms in total. The smallest absolute Gasteiger partial charge is 0.137 e. The normalized spacial score (nSPS) is 16.9. The van der Waals surface area contributed by atoms with Gasteiger partial charge in [0.1, 0.15) is 5.75 Å². The number of nitrogens with one attached hydrogen (secondary N) is 1. The first kappa shape index (κ1) is 12.7. The fraction of sp³-hybridized carbons (Fsp3) is 0.571. The second-order valence-electron chi connectivity index (χ2n) is 4.78. The fourth-order valence-corrected chi connectivity index (χ4v) is 2.06. The zero-order valence-electron chi connectivity index (χ0n) is 10.5. The van der Waals surface area contributed by atoms with Crippen LogP contribution in [0.25, 0.3) is 0 Å². The van der Waals surface area contributed by atoms with Crippen molar-refractivity contribution in [3.8, 4) is 5.75 Å². The van der Waals surface area contributed by atoms with Crippen molar-refractivity contribution >= 4 is 11.6 Å². The predicted molar refractivity (Wildman–Crippen MR) is 71.8 cm³/mol. The number of hydrogen-bond donors (Lipinski definition) is 1. The van der Waals surface area contributed by atoms with Gasteiger partial charge in [-0.15, -0.1) is 0 Å². The Balaban J connectivity index is 1.92. The summed E-state index contributed by atoms with van der Waals surface area (Å²) in [5.41, 5.74) is 1.19. The van der Waals surface area contributed by atoms with Crippen molar-refractivity contribution in [3.05, 3.63) is 28.8 Å². The quantitative estimate of drug-likeness (QED) is 0.833. The molecule has 0 saturated heterocycles. The Morgan fingerprint density at radius 1 is 1.47 bits per heavy atom. The number of benzene rings is 1. The Morgan fingerprint density at radius 2 is 2.24 bits per heavy atom. The van der Waals surface area contributed by atoms with Gasteiger partial charge in [0.15, 0.2) is 0 Å². The average Bonchev–Trinajstić information content (AvgIpc) is 3.14. The highest BCUT2D eigenvalue weighted by atomic mass is 35.5. The highest BCUT2D eigenvalue weighted by Gasteiger charge is 2.20. The highest BCUT2D eigenvalue weighted by Crippen LogP contribution is 2.33. The first-order chi connectivity index (χ1) is 8.20. The van der Waals surface area contributed by atoms with E-state index in [1.165, 1.54) is 18.4 Å². The Labute approximate surface area is 108 Å². The molecule has 0 bridgehead atoms. The van der Waals surface area contributed by atoms with Crippen molar-refractivity contribution in [3.63, 3.8) is 0 Å². The SMILES string of the molecule is CNC(C)c1ccc(OCCC2CC2)c(Cl)c1. The van der Waals surface area contributed by atoms with E-state index in [1.54, 1.807) is 0 Å². The summed E-state index contributed by atoms with van der Waals surface area (Å²) in [6.07, 6.45) is 3.90. The van der Waals surface area contributed by atoms with Gasteiger partial charge in [-0.1, -0.05) is 30.5 Å². The van der Waals surface area contributed by atoms with E-state index >= 15 is 0 Å². The van der Waals surface area contributed by atoms with E-state index < -0.39 is 0 Å². The lowest BCUT2D eigenvalue weighted by Gasteiger charge is -2.13. The minimum atomic E-state index is 0.313. The van der Waals surface area contributed by atoms with Crippen molar-refractivity contribution in [2.75, 3.05) is 13.7 Å². The van der Waals surface area contributed by atoms with Crippen LogP contribution in [0.1, 0.15) is 37.8 Å². The third-order valence-electron chi connectivity index (χ3n) is 3.37. The molecule has 1 aromatic rings. The average molecular weight is 254 g/mol. The standard InChI is InChI=1S/C14H20ClNO/c1-10(16-2)12-5-6-14(13(15)9-12)17-8-7-11-3-4-11/h5-6,9-11,16H,3-4,7-8H2,1-2H3. The maximum absolute atomic E-state index is 6.21. The van der Waals surface area contributed by atoms with Crippen LogP contribution in [0, 0.1) is 5.92 Å². The lowest BCUT2D eigenvalue weighted by molar-refractivity contribution is 0.302. The summed E-state index contributed by atoms with van der Waals surface area (Å²) in [4.78, 5) is 0. The van der Waals surface area contributed by atoms with E-state index in [0.717, 1.165) is 24.7 Å². The maximum Gasteiger partial charge on any atom is 0.137 e. The number of hydrogen-bond acceptors (Lipinski definition) is 2. The minimum absolute atomic E-state index is 0.313. The molecule has 0 radical (unpaired) electrons. The molecule has 0 spiro atoms. The summed E-state index contributed by atoms with van der Waals surface area (Å²) in [5, 5.41) is 3.90. The van der Waals surface area contributed by atoms with Crippen LogP contribution >= 0.6 is 11.6 Å². The van der Waals surface area contributed by atoms with Gasteiger partial charge in [-0.2, -0.15) is 0 Å². The lowest BCUT2D eigenvalue weighted by atomic mass is 10.1. The van der Waals surface area contributed by atoms with Crippen LogP contribution in [0.15, 0.2) is 18.2 Å². The summed E-state index contributed by atoms with van der Waals surface area (Å²) in [6, 6.07) is 6.33. The molecule has 2 rings (SSSR count). The van der Waals surface area contributed by atoms with Crippen LogP contribution in [0.3, 0.4) is 0 Å². The lowest BCUT2D eigenvalue weighted by Crippen LogP contribution is -2.12. The van der Waals surface area contributed by atoms with Crippen LogP contribution in [0.4, 0.5) is 0 Å². The molecule has 1 fully saturated rings.